The summed E-state index contributed by atoms with van der Waals surface area (Å²) in [7, 11) is 1.58. The quantitative estimate of drug-likeness (QED) is 0.235. The van der Waals surface area contributed by atoms with Crippen molar-refractivity contribution >= 4 is 23.2 Å². The zero-order valence-corrected chi connectivity index (χ0v) is 22.1. The van der Waals surface area contributed by atoms with Gasteiger partial charge in [-0.1, -0.05) is 78.9 Å². The van der Waals surface area contributed by atoms with Crippen LogP contribution in [0.25, 0.3) is 0 Å². The Balaban J connectivity index is 1.61. The number of hydrogen-bond donors (Lipinski definition) is 0. The molecule has 0 radical (unpaired) electrons. The van der Waals surface area contributed by atoms with Gasteiger partial charge in [0.1, 0.15) is 5.82 Å². The standard InChI is InChI=1S/C31H31FN2O3S/c1-37-19-18-33(31(36)30(25-9-4-2-5-10-25)26-11-6-3-7-12-26)23-29(35)34(22-28-13-8-20-38-28)21-24-14-16-27(32)17-15-24/h2-17,20,30H,18-19,21-23H2,1H3. The first-order valence-corrected chi connectivity index (χ1v) is 13.4. The molecule has 4 rings (SSSR count). The predicted octanol–water partition coefficient (Wildman–Crippen LogP) is 5.72. The molecule has 7 heteroatoms. The van der Waals surface area contributed by atoms with Crippen LogP contribution in [0.1, 0.15) is 27.5 Å². The second kappa shape index (κ2) is 13.7. The molecule has 0 saturated carbocycles. The Hall–Kier alpha value is -3.81. The fraction of sp³-hybridized carbons (Fsp3) is 0.226. The minimum absolute atomic E-state index is 0.0923. The highest BCUT2D eigenvalue weighted by Gasteiger charge is 2.30. The lowest BCUT2D eigenvalue weighted by atomic mass is 9.90. The predicted molar refractivity (Wildman–Crippen MR) is 148 cm³/mol. The molecule has 0 N–H and O–H groups in total. The van der Waals surface area contributed by atoms with Crippen molar-refractivity contribution in [3.8, 4) is 0 Å². The number of carbonyl (C=O) groups is 2. The van der Waals surface area contributed by atoms with E-state index in [9.17, 15) is 14.0 Å². The number of nitrogens with zero attached hydrogens (tertiary/aromatic N) is 2. The van der Waals surface area contributed by atoms with E-state index in [1.165, 1.54) is 12.1 Å². The van der Waals surface area contributed by atoms with Gasteiger partial charge >= 0.3 is 0 Å². The van der Waals surface area contributed by atoms with Gasteiger partial charge in [0, 0.05) is 25.1 Å². The van der Waals surface area contributed by atoms with E-state index in [1.807, 2.05) is 78.2 Å². The lowest BCUT2D eigenvalue weighted by Crippen LogP contribution is -2.45. The van der Waals surface area contributed by atoms with Crippen molar-refractivity contribution in [2.75, 3.05) is 26.8 Å². The van der Waals surface area contributed by atoms with Crippen LogP contribution in [0.15, 0.2) is 102 Å². The molecule has 0 bridgehead atoms. The third-order valence-electron chi connectivity index (χ3n) is 6.28. The van der Waals surface area contributed by atoms with Crippen LogP contribution in [-0.4, -0.2) is 48.4 Å². The van der Waals surface area contributed by atoms with E-state index in [0.717, 1.165) is 21.6 Å². The smallest absolute Gasteiger partial charge is 0.242 e. The van der Waals surface area contributed by atoms with Crippen LogP contribution < -0.4 is 0 Å². The Morgan fingerprint density at radius 3 is 2.00 bits per heavy atom. The maximum atomic E-state index is 14.1. The van der Waals surface area contributed by atoms with Gasteiger partial charge in [0.2, 0.25) is 11.8 Å². The Labute approximate surface area is 227 Å². The Morgan fingerprint density at radius 1 is 0.816 bits per heavy atom. The number of benzene rings is 3. The maximum Gasteiger partial charge on any atom is 0.242 e. The van der Waals surface area contributed by atoms with E-state index in [-0.39, 0.29) is 30.7 Å². The summed E-state index contributed by atoms with van der Waals surface area (Å²) in [6.45, 7) is 1.20. The number of hydrogen-bond acceptors (Lipinski definition) is 4. The number of ether oxygens (including phenoxy) is 1. The molecule has 2 amide bonds. The third kappa shape index (κ3) is 7.37. The van der Waals surface area contributed by atoms with Crippen LogP contribution in [0, 0.1) is 5.82 Å². The highest BCUT2D eigenvalue weighted by atomic mass is 32.1. The van der Waals surface area contributed by atoms with Gasteiger partial charge in [-0.2, -0.15) is 0 Å². The van der Waals surface area contributed by atoms with Crippen molar-refractivity contribution < 1.29 is 18.7 Å². The second-order valence-corrected chi connectivity index (χ2v) is 9.99. The topological polar surface area (TPSA) is 49.9 Å². The lowest BCUT2D eigenvalue weighted by molar-refractivity contribution is -0.142. The van der Waals surface area contributed by atoms with E-state index in [4.69, 9.17) is 4.74 Å². The van der Waals surface area contributed by atoms with Crippen LogP contribution in [0.5, 0.6) is 0 Å². The van der Waals surface area contributed by atoms with Crippen molar-refractivity contribution in [3.05, 3.63) is 130 Å². The molecular formula is C31H31FN2O3S. The summed E-state index contributed by atoms with van der Waals surface area (Å²) in [4.78, 5) is 32.1. The third-order valence-corrected chi connectivity index (χ3v) is 7.14. The summed E-state index contributed by atoms with van der Waals surface area (Å²) in [5.41, 5.74) is 2.54. The summed E-state index contributed by atoms with van der Waals surface area (Å²) in [6, 6.07) is 29.3. The zero-order chi connectivity index (χ0) is 26.7. The summed E-state index contributed by atoms with van der Waals surface area (Å²) in [5, 5.41) is 1.97. The largest absolute Gasteiger partial charge is 0.383 e. The average molecular weight is 531 g/mol. The molecule has 0 saturated heterocycles. The van der Waals surface area contributed by atoms with Gasteiger partial charge < -0.3 is 14.5 Å². The van der Waals surface area contributed by atoms with Crippen LogP contribution in [0.2, 0.25) is 0 Å². The fourth-order valence-corrected chi connectivity index (χ4v) is 5.04. The first-order chi connectivity index (χ1) is 18.5. The fourth-order valence-electron chi connectivity index (χ4n) is 4.32. The molecule has 0 unspecified atom stereocenters. The molecule has 0 spiro atoms. The SMILES string of the molecule is COCCN(CC(=O)N(Cc1ccc(F)cc1)Cc1cccs1)C(=O)C(c1ccccc1)c1ccccc1. The number of amides is 2. The number of carbonyl (C=O) groups excluding carboxylic acids is 2. The molecule has 1 heterocycles. The Kier molecular flexibility index (Phi) is 9.78. The first-order valence-electron chi connectivity index (χ1n) is 12.5. The number of halogens is 1. The van der Waals surface area contributed by atoms with Gasteiger partial charge in [0.05, 0.1) is 25.6 Å². The second-order valence-electron chi connectivity index (χ2n) is 8.96. The summed E-state index contributed by atoms with van der Waals surface area (Å²) >= 11 is 1.57. The zero-order valence-electron chi connectivity index (χ0n) is 21.3. The summed E-state index contributed by atoms with van der Waals surface area (Å²) in [5.74, 6) is -1.23. The van der Waals surface area contributed by atoms with Crippen LogP contribution in [-0.2, 0) is 27.4 Å². The van der Waals surface area contributed by atoms with Crippen molar-refractivity contribution in [3.63, 3.8) is 0 Å². The van der Waals surface area contributed by atoms with Crippen LogP contribution in [0.4, 0.5) is 4.39 Å². The molecule has 1 aromatic heterocycles. The number of methoxy groups -OCH3 is 1. The molecule has 0 aliphatic heterocycles. The minimum Gasteiger partial charge on any atom is -0.383 e. The normalized spacial score (nSPS) is 10.9. The van der Waals surface area contributed by atoms with Gasteiger partial charge in [-0.15, -0.1) is 11.3 Å². The number of thiophene rings is 1. The van der Waals surface area contributed by atoms with Crippen molar-refractivity contribution in [2.45, 2.75) is 19.0 Å². The van der Waals surface area contributed by atoms with Crippen molar-refractivity contribution in [2.24, 2.45) is 0 Å². The monoisotopic (exact) mass is 530 g/mol. The lowest BCUT2D eigenvalue weighted by Gasteiger charge is -2.30. The van der Waals surface area contributed by atoms with E-state index < -0.39 is 5.92 Å². The van der Waals surface area contributed by atoms with Gasteiger partial charge in [-0.3, -0.25) is 9.59 Å². The van der Waals surface area contributed by atoms with Gasteiger partial charge in [0.25, 0.3) is 0 Å². The molecule has 3 aromatic carbocycles. The Bertz CT molecular complexity index is 1240. The molecule has 196 valence electrons. The van der Waals surface area contributed by atoms with Gasteiger partial charge in [-0.25, -0.2) is 4.39 Å². The molecule has 0 aliphatic carbocycles. The van der Waals surface area contributed by atoms with Crippen molar-refractivity contribution in [1.82, 2.24) is 9.80 Å². The molecular weight excluding hydrogens is 499 g/mol. The minimum atomic E-state index is -0.551. The molecule has 38 heavy (non-hydrogen) atoms. The molecule has 0 aliphatic rings. The Morgan fingerprint density at radius 2 is 1.45 bits per heavy atom. The van der Waals surface area contributed by atoms with Gasteiger partial charge in [0.15, 0.2) is 0 Å². The average Bonchev–Trinajstić information content (AvgIpc) is 3.46. The first kappa shape index (κ1) is 27.2. The van der Waals surface area contributed by atoms with E-state index in [0.29, 0.717) is 19.7 Å². The molecule has 5 nitrogen and oxygen atoms in total. The van der Waals surface area contributed by atoms with Crippen molar-refractivity contribution in [1.29, 1.82) is 0 Å². The van der Waals surface area contributed by atoms with Crippen LogP contribution in [0.3, 0.4) is 0 Å². The maximum absolute atomic E-state index is 14.1. The van der Waals surface area contributed by atoms with Crippen LogP contribution >= 0.6 is 11.3 Å². The van der Waals surface area contributed by atoms with Gasteiger partial charge in [-0.05, 0) is 40.3 Å². The molecule has 0 atom stereocenters. The molecule has 4 aromatic rings. The number of rotatable bonds is 12. The highest BCUT2D eigenvalue weighted by Crippen LogP contribution is 2.27. The summed E-state index contributed by atoms with van der Waals surface area (Å²) < 4.78 is 18.8. The molecule has 0 fully saturated rings. The van der Waals surface area contributed by atoms with E-state index in [1.54, 1.807) is 40.4 Å². The van der Waals surface area contributed by atoms with E-state index >= 15 is 0 Å². The summed E-state index contributed by atoms with van der Waals surface area (Å²) in [6.07, 6.45) is 0. The highest BCUT2D eigenvalue weighted by molar-refractivity contribution is 7.09. The van der Waals surface area contributed by atoms with E-state index in [2.05, 4.69) is 0 Å².